The third kappa shape index (κ3) is 2.36. The summed E-state index contributed by atoms with van der Waals surface area (Å²) in [4.78, 5) is 13.1. The minimum Gasteiger partial charge on any atom is -0.387 e. The number of aliphatic hydroxyl groups is 1. The average molecular weight is 205 g/mol. The van der Waals surface area contributed by atoms with Crippen LogP contribution in [0.4, 0.5) is 0 Å². The second kappa shape index (κ2) is 4.45. The first-order chi connectivity index (χ1) is 7.27. The van der Waals surface area contributed by atoms with Crippen molar-refractivity contribution in [2.45, 2.75) is 18.9 Å². The van der Waals surface area contributed by atoms with Gasteiger partial charge in [-0.05, 0) is 12.0 Å². The zero-order valence-corrected chi connectivity index (χ0v) is 8.60. The fraction of sp³-hybridized carbons (Fsp3) is 0.417. The van der Waals surface area contributed by atoms with Crippen LogP contribution < -0.4 is 0 Å². The molecule has 1 aliphatic heterocycles. The number of carbonyl (C=O) groups is 1. The molecule has 1 atom stereocenters. The number of hydrogen-bond acceptors (Lipinski definition) is 2. The third-order valence-electron chi connectivity index (χ3n) is 2.75. The van der Waals surface area contributed by atoms with E-state index < -0.39 is 6.10 Å². The van der Waals surface area contributed by atoms with E-state index in [1.165, 1.54) is 0 Å². The van der Waals surface area contributed by atoms with E-state index in [9.17, 15) is 9.90 Å². The number of benzene rings is 1. The quantitative estimate of drug-likeness (QED) is 0.809. The van der Waals surface area contributed by atoms with Gasteiger partial charge in [-0.1, -0.05) is 30.3 Å². The first kappa shape index (κ1) is 10.2. The number of β-amino-alcohol motifs (C(OH)–C–C–N with tert-alkyl or cyclic N) is 1. The van der Waals surface area contributed by atoms with Gasteiger partial charge in [0.2, 0.25) is 5.91 Å². The lowest BCUT2D eigenvalue weighted by Crippen LogP contribution is -2.29. The van der Waals surface area contributed by atoms with Crippen LogP contribution in [0.25, 0.3) is 0 Å². The van der Waals surface area contributed by atoms with Crippen molar-refractivity contribution < 1.29 is 9.90 Å². The summed E-state index contributed by atoms with van der Waals surface area (Å²) in [6.07, 6.45) is 0.982. The SMILES string of the molecule is O=C1CCCN1C[C@H](O)c1ccccc1. The van der Waals surface area contributed by atoms with Crippen LogP contribution in [0.5, 0.6) is 0 Å². The Morgan fingerprint density at radius 2 is 2.07 bits per heavy atom. The molecule has 2 rings (SSSR count). The second-order valence-corrected chi connectivity index (χ2v) is 3.87. The molecule has 1 aromatic carbocycles. The lowest BCUT2D eigenvalue weighted by atomic mass is 10.1. The Balaban J connectivity index is 1.98. The van der Waals surface area contributed by atoms with Gasteiger partial charge in [-0.2, -0.15) is 0 Å². The van der Waals surface area contributed by atoms with Crippen molar-refractivity contribution in [3.05, 3.63) is 35.9 Å². The van der Waals surface area contributed by atoms with E-state index in [0.29, 0.717) is 13.0 Å². The van der Waals surface area contributed by atoms with Gasteiger partial charge >= 0.3 is 0 Å². The lowest BCUT2D eigenvalue weighted by molar-refractivity contribution is -0.128. The second-order valence-electron chi connectivity index (χ2n) is 3.87. The predicted molar refractivity (Wildman–Crippen MR) is 57.2 cm³/mol. The van der Waals surface area contributed by atoms with Crippen LogP contribution in [0.3, 0.4) is 0 Å². The van der Waals surface area contributed by atoms with Gasteiger partial charge in [0.05, 0.1) is 12.6 Å². The highest BCUT2D eigenvalue weighted by atomic mass is 16.3. The molecule has 0 aromatic heterocycles. The maximum Gasteiger partial charge on any atom is 0.222 e. The number of likely N-dealkylation sites (tertiary alicyclic amines) is 1. The van der Waals surface area contributed by atoms with Gasteiger partial charge in [0.25, 0.3) is 0 Å². The maximum absolute atomic E-state index is 11.4. The van der Waals surface area contributed by atoms with Gasteiger partial charge in [0.15, 0.2) is 0 Å². The highest BCUT2D eigenvalue weighted by Gasteiger charge is 2.22. The van der Waals surface area contributed by atoms with Gasteiger partial charge in [0, 0.05) is 13.0 Å². The molecule has 1 amide bonds. The van der Waals surface area contributed by atoms with E-state index in [1.807, 2.05) is 30.3 Å². The molecule has 1 aromatic rings. The van der Waals surface area contributed by atoms with E-state index in [4.69, 9.17) is 0 Å². The molecular weight excluding hydrogens is 190 g/mol. The zero-order valence-electron chi connectivity index (χ0n) is 8.60. The van der Waals surface area contributed by atoms with E-state index in [1.54, 1.807) is 4.90 Å². The summed E-state index contributed by atoms with van der Waals surface area (Å²) in [7, 11) is 0. The van der Waals surface area contributed by atoms with Crippen molar-refractivity contribution in [2.75, 3.05) is 13.1 Å². The number of aliphatic hydroxyl groups excluding tert-OH is 1. The molecule has 0 spiro atoms. The summed E-state index contributed by atoms with van der Waals surface area (Å²) in [5, 5.41) is 9.90. The van der Waals surface area contributed by atoms with Gasteiger partial charge in [0.1, 0.15) is 0 Å². The predicted octanol–water partition coefficient (Wildman–Crippen LogP) is 1.34. The normalized spacial score (nSPS) is 18.2. The Hall–Kier alpha value is -1.35. The maximum atomic E-state index is 11.4. The van der Waals surface area contributed by atoms with Crippen LogP contribution >= 0.6 is 0 Å². The van der Waals surface area contributed by atoms with Crippen molar-refractivity contribution in [3.63, 3.8) is 0 Å². The van der Waals surface area contributed by atoms with Crippen molar-refractivity contribution in [1.29, 1.82) is 0 Å². The van der Waals surface area contributed by atoms with Crippen LogP contribution in [0.15, 0.2) is 30.3 Å². The molecule has 0 unspecified atom stereocenters. The Kier molecular flexibility index (Phi) is 3.02. The molecule has 1 N–H and O–H groups in total. The molecule has 0 saturated carbocycles. The van der Waals surface area contributed by atoms with Gasteiger partial charge in [-0.15, -0.1) is 0 Å². The first-order valence-corrected chi connectivity index (χ1v) is 5.28. The van der Waals surface area contributed by atoms with E-state index in [0.717, 1.165) is 18.5 Å². The highest BCUT2D eigenvalue weighted by Crippen LogP contribution is 2.17. The minimum absolute atomic E-state index is 0.157. The summed E-state index contributed by atoms with van der Waals surface area (Å²) in [5.41, 5.74) is 0.872. The van der Waals surface area contributed by atoms with Crippen LogP contribution in [0.2, 0.25) is 0 Å². The Bertz CT molecular complexity index is 337. The number of nitrogens with zero attached hydrogens (tertiary/aromatic N) is 1. The van der Waals surface area contributed by atoms with Crippen LogP contribution in [0.1, 0.15) is 24.5 Å². The average Bonchev–Trinajstić information content (AvgIpc) is 2.66. The zero-order chi connectivity index (χ0) is 10.7. The van der Waals surface area contributed by atoms with Crippen LogP contribution in [-0.2, 0) is 4.79 Å². The van der Waals surface area contributed by atoms with E-state index in [2.05, 4.69) is 0 Å². The smallest absolute Gasteiger partial charge is 0.222 e. The van der Waals surface area contributed by atoms with Gasteiger partial charge in [-0.3, -0.25) is 4.79 Å². The minimum atomic E-state index is -0.562. The number of rotatable bonds is 3. The molecule has 15 heavy (non-hydrogen) atoms. The Morgan fingerprint density at radius 3 is 2.67 bits per heavy atom. The van der Waals surface area contributed by atoms with Crippen molar-refractivity contribution in [2.24, 2.45) is 0 Å². The molecule has 0 bridgehead atoms. The molecule has 1 saturated heterocycles. The summed E-state index contributed by atoms with van der Waals surface area (Å²) < 4.78 is 0. The first-order valence-electron chi connectivity index (χ1n) is 5.28. The molecular formula is C12H15NO2. The molecule has 1 heterocycles. The largest absolute Gasteiger partial charge is 0.387 e. The lowest BCUT2D eigenvalue weighted by Gasteiger charge is -2.19. The number of amides is 1. The molecule has 80 valence electrons. The third-order valence-corrected chi connectivity index (χ3v) is 2.75. The number of carbonyl (C=O) groups excluding carboxylic acids is 1. The molecule has 1 aliphatic rings. The molecule has 1 fully saturated rings. The topological polar surface area (TPSA) is 40.5 Å². The summed E-state index contributed by atoms with van der Waals surface area (Å²) >= 11 is 0. The monoisotopic (exact) mass is 205 g/mol. The van der Waals surface area contributed by atoms with Gasteiger partial charge in [-0.25, -0.2) is 0 Å². The molecule has 0 aliphatic carbocycles. The van der Waals surface area contributed by atoms with Crippen molar-refractivity contribution in [1.82, 2.24) is 4.90 Å². The summed E-state index contributed by atoms with van der Waals surface area (Å²) in [6, 6.07) is 9.46. The van der Waals surface area contributed by atoms with Gasteiger partial charge < -0.3 is 10.0 Å². The molecule has 0 radical (unpaired) electrons. The fourth-order valence-corrected chi connectivity index (χ4v) is 1.89. The summed E-state index contributed by atoms with van der Waals surface area (Å²) in [6.45, 7) is 1.20. The van der Waals surface area contributed by atoms with Crippen molar-refractivity contribution >= 4 is 5.91 Å². The number of hydrogen-bond donors (Lipinski definition) is 1. The van der Waals surface area contributed by atoms with Crippen LogP contribution in [0, 0.1) is 0 Å². The molecule has 3 nitrogen and oxygen atoms in total. The highest BCUT2D eigenvalue weighted by molar-refractivity contribution is 5.78. The van der Waals surface area contributed by atoms with Crippen LogP contribution in [-0.4, -0.2) is 29.0 Å². The Labute approximate surface area is 89.3 Å². The molecule has 3 heteroatoms. The Morgan fingerprint density at radius 1 is 1.33 bits per heavy atom. The summed E-state index contributed by atoms with van der Waals surface area (Å²) in [5.74, 6) is 0.157. The van der Waals surface area contributed by atoms with Crippen molar-refractivity contribution in [3.8, 4) is 0 Å². The standard InChI is InChI=1S/C12H15NO2/c14-11(10-5-2-1-3-6-10)9-13-8-4-7-12(13)15/h1-3,5-6,11,14H,4,7-9H2/t11-/m0/s1. The fourth-order valence-electron chi connectivity index (χ4n) is 1.89. The van der Waals surface area contributed by atoms with E-state index >= 15 is 0 Å². The van der Waals surface area contributed by atoms with E-state index in [-0.39, 0.29) is 5.91 Å².